The van der Waals surface area contributed by atoms with Gasteiger partial charge < -0.3 is 10.1 Å². The van der Waals surface area contributed by atoms with Crippen molar-refractivity contribution < 1.29 is 17.9 Å². The van der Waals surface area contributed by atoms with Crippen molar-refractivity contribution in [1.82, 2.24) is 10.0 Å². The van der Waals surface area contributed by atoms with Gasteiger partial charge in [0.2, 0.25) is 15.9 Å². The summed E-state index contributed by atoms with van der Waals surface area (Å²) in [6, 6.07) is 4.01. The fraction of sp³-hybridized carbons (Fsp3) is 0.500. The molecular weight excluding hydrogens is 292 g/mol. The lowest BCUT2D eigenvalue weighted by molar-refractivity contribution is -0.122. The van der Waals surface area contributed by atoms with Gasteiger partial charge in [0, 0.05) is 6.54 Å². The smallest absolute Gasteiger partial charge is 0.244 e. The van der Waals surface area contributed by atoms with Crippen LogP contribution in [0.2, 0.25) is 0 Å². The summed E-state index contributed by atoms with van der Waals surface area (Å²) in [7, 11) is -2.43. The van der Waals surface area contributed by atoms with E-state index in [4.69, 9.17) is 4.74 Å². The van der Waals surface area contributed by atoms with Gasteiger partial charge in [-0.1, -0.05) is 13.0 Å². The fourth-order valence-electron chi connectivity index (χ4n) is 1.74. The van der Waals surface area contributed by atoms with Gasteiger partial charge in [-0.2, -0.15) is 4.72 Å². The summed E-state index contributed by atoms with van der Waals surface area (Å²) < 4.78 is 32.2. The van der Waals surface area contributed by atoms with E-state index in [0.29, 0.717) is 6.54 Å². The Labute approximate surface area is 125 Å². The molecule has 1 atom stereocenters. The molecule has 118 valence electrons. The van der Waals surface area contributed by atoms with Crippen LogP contribution in [0.5, 0.6) is 5.75 Å². The van der Waals surface area contributed by atoms with Crippen molar-refractivity contribution in [2.45, 2.75) is 38.1 Å². The Kier molecular flexibility index (Phi) is 6.17. The molecule has 6 nitrogen and oxygen atoms in total. The lowest BCUT2D eigenvalue weighted by Gasteiger charge is -2.16. The van der Waals surface area contributed by atoms with Gasteiger partial charge in [-0.15, -0.1) is 0 Å². The van der Waals surface area contributed by atoms with Gasteiger partial charge in [-0.05, 0) is 38.0 Å². The fourth-order valence-corrected chi connectivity index (χ4v) is 3.20. The number of nitrogens with one attached hydrogen (secondary N) is 2. The summed E-state index contributed by atoms with van der Waals surface area (Å²) in [5, 5.41) is 2.65. The molecule has 1 amide bonds. The van der Waals surface area contributed by atoms with Crippen molar-refractivity contribution in [2.24, 2.45) is 0 Å². The average Bonchev–Trinajstić information content (AvgIpc) is 2.44. The van der Waals surface area contributed by atoms with Gasteiger partial charge in [-0.3, -0.25) is 4.79 Å². The van der Waals surface area contributed by atoms with Crippen LogP contribution < -0.4 is 14.8 Å². The van der Waals surface area contributed by atoms with E-state index >= 15 is 0 Å². The van der Waals surface area contributed by atoms with Gasteiger partial charge >= 0.3 is 0 Å². The summed E-state index contributed by atoms with van der Waals surface area (Å²) in [4.78, 5) is 11.8. The molecule has 0 saturated carbocycles. The molecule has 0 heterocycles. The Bertz CT molecular complexity index is 599. The number of carbonyl (C=O) groups is 1. The molecule has 1 rings (SSSR count). The Balaban J connectivity index is 2.96. The molecule has 0 aliphatic heterocycles. The molecule has 2 N–H and O–H groups in total. The topological polar surface area (TPSA) is 84.5 Å². The average molecular weight is 314 g/mol. The lowest BCUT2D eigenvalue weighted by Crippen LogP contribution is -2.44. The Morgan fingerprint density at radius 2 is 2.05 bits per heavy atom. The normalized spacial score (nSPS) is 12.8. The van der Waals surface area contributed by atoms with Gasteiger partial charge in [0.1, 0.15) is 10.6 Å². The second-order valence-electron chi connectivity index (χ2n) is 4.79. The van der Waals surface area contributed by atoms with E-state index in [9.17, 15) is 13.2 Å². The van der Waals surface area contributed by atoms with Crippen molar-refractivity contribution in [3.05, 3.63) is 23.8 Å². The largest absolute Gasteiger partial charge is 0.495 e. The Morgan fingerprint density at radius 3 is 2.62 bits per heavy atom. The number of ether oxygens (including phenoxy) is 1. The molecule has 0 spiro atoms. The van der Waals surface area contributed by atoms with E-state index in [-0.39, 0.29) is 16.6 Å². The van der Waals surface area contributed by atoms with Crippen LogP contribution >= 0.6 is 0 Å². The quantitative estimate of drug-likeness (QED) is 0.792. The number of hydrogen-bond acceptors (Lipinski definition) is 4. The summed E-state index contributed by atoms with van der Waals surface area (Å²) in [6.45, 7) is 5.73. The maximum atomic E-state index is 12.4. The minimum atomic E-state index is -3.83. The monoisotopic (exact) mass is 314 g/mol. The number of aryl methyl sites for hydroxylation is 1. The van der Waals surface area contributed by atoms with E-state index in [2.05, 4.69) is 10.0 Å². The second-order valence-corrected chi connectivity index (χ2v) is 6.47. The number of carbonyl (C=O) groups excluding carboxylic acids is 1. The number of sulfonamides is 1. The van der Waals surface area contributed by atoms with Crippen molar-refractivity contribution in [2.75, 3.05) is 13.7 Å². The molecule has 0 saturated heterocycles. The zero-order valence-electron chi connectivity index (χ0n) is 12.8. The van der Waals surface area contributed by atoms with E-state index in [1.54, 1.807) is 19.1 Å². The maximum Gasteiger partial charge on any atom is 0.244 e. The Hall–Kier alpha value is -1.60. The van der Waals surface area contributed by atoms with Crippen LogP contribution in [0.4, 0.5) is 0 Å². The van der Waals surface area contributed by atoms with Gasteiger partial charge in [0.15, 0.2) is 0 Å². The number of methoxy groups -OCH3 is 1. The van der Waals surface area contributed by atoms with E-state index < -0.39 is 16.1 Å². The first-order chi connectivity index (χ1) is 9.81. The summed E-state index contributed by atoms with van der Waals surface area (Å²) >= 11 is 0. The molecular formula is C14H22N2O4S. The number of hydrogen-bond donors (Lipinski definition) is 2. The van der Waals surface area contributed by atoms with Crippen molar-refractivity contribution in [3.8, 4) is 5.75 Å². The third-order valence-electron chi connectivity index (χ3n) is 2.88. The molecule has 7 heteroatoms. The first-order valence-corrected chi connectivity index (χ1v) is 8.24. The van der Waals surface area contributed by atoms with Crippen molar-refractivity contribution in [3.63, 3.8) is 0 Å². The van der Waals surface area contributed by atoms with E-state index in [0.717, 1.165) is 12.0 Å². The van der Waals surface area contributed by atoms with E-state index in [1.807, 2.05) is 6.92 Å². The highest BCUT2D eigenvalue weighted by Crippen LogP contribution is 2.24. The molecule has 0 aliphatic carbocycles. The van der Waals surface area contributed by atoms with Gasteiger partial charge in [0.25, 0.3) is 0 Å². The predicted octanol–water partition coefficient (Wildman–Crippen LogP) is 1.20. The highest BCUT2D eigenvalue weighted by atomic mass is 32.2. The minimum Gasteiger partial charge on any atom is -0.495 e. The van der Waals surface area contributed by atoms with Gasteiger partial charge in [-0.25, -0.2) is 8.42 Å². The molecule has 1 aromatic carbocycles. The maximum absolute atomic E-state index is 12.4. The van der Waals surface area contributed by atoms with Crippen LogP contribution in [-0.4, -0.2) is 34.0 Å². The second kappa shape index (κ2) is 7.42. The highest BCUT2D eigenvalue weighted by Gasteiger charge is 2.24. The van der Waals surface area contributed by atoms with Crippen LogP contribution in [0.15, 0.2) is 23.1 Å². The van der Waals surface area contributed by atoms with Crippen LogP contribution in [-0.2, 0) is 14.8 Å². The standard InChI is InChI=1S/C14H22N2O4S/c1-5-8-15-14(17)11(3)16-21(18,19)13-9-10(2)6-7-12(13)20-4/h6-7,9,11,16H,5,8H2,1-4H3,(H,15,17)/t11-/m1/s1. The predicted molar refractivity (Wildman–Crippen MR) is 80.8 cm³/mol. The molecule has 0 fully saturated rings. The third-order valence-corrected chi connectivity index (χ3v) is 4.45. The molecule has 21 heavy (non-hydrogen) atoms. The van der Waals surface area contributed by atoms with Crippen LogP contribution in [0.3, 0.4) is 0 Å². The zero-order chi connectivity index (χ0) is 16.0. The van der Waals surface area contributed by atoms with Gasteiger partial charge in [0.05, 0.1) is 13.2 Å². The number of amides is 1. The van der Waals surface area contributed by atoms with Crippen LogP contribution in [0.25, 0.3) is 0 Å². The molecule has 0 bridgehead atoms. The molecule has 0 aliphatic rings. The molecule has 0 aromatic heterocycles. The van der Waals surface area contributed by atoms with Crippen LogP contribution in [0, 0.1) is 6.92 Å². The summed E-state index contributed by atoms with van der Waals surface area (Å²) in [5.74, 6) is -0.110. The van der Waals surface area contributed by atoms with Crippen LogP contribution in [0.1, 0.15) is 25.8 Å². The molecule has 0 unspecified atom stereocenters. The summed E-state index contributed by atoms with van der Waals surface area (Å²) in [5.41, 5.74) is 0.791. The minimum absolute atomic E-state index is 0.0279. The zero-order valence-corrected chi connectivity index (χ0v) is 13.6. The lowest BCUT2D eigenvalue weighted by atomic mass is 10.2. The Morgan fingerprint density at radius 1 is 1.38 bits per heavy atom. The SMILES string of the molecule is CCCNC(=O)[C@@H](C)NS(=O)(=O)c1cc(C)ccc1OC. The first kappa shape index (κ1) is 17.5. The van der Waals surface area contributed by atoms with Crippen molar-refractivity contribution in [1.29, 1.82) is 0 Å². The molecule has 1 aromatic rings. The summed E-state index contributed by atoms with van der Waals surface area (Å²) in [6.07, 6.45) is 0.789. The molecule has 0 radical (unpaired) electrons. The number of benzene rings is 1. The van der Waals surface area contributed by atoms with E-state index in [1.165, 1.54) is 20.1 Å². The number of rotatable bonds is 7. The third kappa shape index (κ3) is 4.71. The first-order valence-electron chi connectivity index (χ1n) is 6.76. The van der Waals surface area contributed by atoms with Crippen molar-refractivity contribution >= 4 is 15.9 Å². The highest BCUT2D eigenvalue weighted by molar-refractivity contribution is 7.89.